The van der Waals surface area contributed by atoms with Crippen LogP contribution in [0.1, 0.15) is 17.5 Å². The molecule has 1 N–H and O–H groups in total. The third-order valence-corrected chi connectivity index (χ3v) is 4.07. The standard InChI is InChI=1S/C18H21NO2/c1-20-17-10-7-13(12-18(17)21-2)11-15-9-8-14-5-3-4-6-16(14)19-15/h3-7,10,12,15,19H,8-9,11H2,1-2H3/t15-/m0/s1. The Morgan fingerprint density at radius 3 is 2.67 bits per heavy atom. The molecule has 1 atom stereocenters. The van der Waals surface area contributed by atoms with Crippen molar-refractivity contribution in [2.75, 3.05) is 19.5 Å². The molecule has 2 aromatic rings. The summed E-state index contributed by atoms with van der Waals surface area (Å²) in [5, 5.41) is 3.64. The third kappa shape index (κ3) is 2.97. The Morgan fingerprint density at radius 2 is 1.86 bits per heavy atom. The molecule has 0 aliphatic carbocycles. The monoisotopic (exact) mass is 283 g/mol. The molecule has 3 nitrogen and oxygen atoms in total. The van der Waals surface area contributed by atoms with Gasteiger partial charge in [-0.1, -0.05) is 24.3 Å². The highest BCUT2D eigenvalue weighted by Gasteiger charge is 2.18. The van der Waals surface area contributed by atoms with E-state index < -0.39 is 0 Å². The second kappa shape index (κ2) is 6.08. The molecule has 1 aliphatic heterocycles. The fourth-order valence-corrected chi connectivity index (χ4v) is 2.95. The van der Waals surface area contributed by atoms with Crippen LogP contribution in [-0.4, -0.2) is 20.3 Å². The van der Waals surface area contributed by atoms with Crippen LogP contribution in [0.15, 0.2) is 42.5 Å². The second-order valence-corrected chi connectivity index (χ2v) is 5.43. The summed E-state index contributed by atoms with van der Waals surface area (Å²) in [5.41, 5.74) is 3.96. The molecule has 2 aromatic carbocycles. The quantitative estimate of drug-likeness (QED) is 0.928. The van der Waals surface area contributed by atoms with Crippen molar-refractivity contribution in [1.29, 1.82) is 0 Å². The molecular weight excluding hydrogens is 262 g/mol. The number of benzene rings is 2. The van der Waals surface area contributed by atoms with Gasteiger partial charge < -0.3 is 14.8 Å². The van der Waals surface area contributed by atoms with Gasteiger partial charge in [0.2, 0.25) is 0 Å². The molecule has 0 fully saturated rings. The number of ether oxygens (including phenoxy) is 2. The van der Waals surface area contributed by atoms with E-state index >= 15 is 0 Å². The van der Waals surface area contributed by atoms with Crippen molar-refractivity contribution in [1.82, 2.24) is 0 Å². The predicted octanol–water partition coefficient (Wildman–Crippen LogP) is 3.67. The number of para-hydroxylation sites is 1. The van der Waals surface area contributed by atoms with Crippen LogP contribution in [0.2, 0.25) is 0 Å². The highest BCUT2D eigenvalue weighted by atomic mass is 16.5. The lowest BCUT2D eigenvalue weighted by Gasteiger charge is -2.27. The summed E-state index contributed by atoms with van der Waals surface area (Å²) in [7, 11) is 3.34. The summed E-state index contributed by atoms with van der Waals surface area (Å²) in [6.07, 6.45) is 3.29. The Hall–Kier alpha value is -2.16. The van der Waals surface area contributed by atoms with E-state index in [0.717, 1.165) is 30.8 Å². The summed E-state index contributed by atoms with van der Waals surface area (Å²) < 4.78 is 10.7. The predicted molar refractivity (Wildman–Crippen MR) is 85.4 cm³/mol. The van der Waals surface area contributed by atoms with Gasteiger partial charge in [0, 0.05) is 11.7 Å². The van der Waals surface area contributed by atoms with E-state index in [1.54, 1.807) is 14.2 Å². The van der Waals surface area contributed by atoms with Crippen LogP contribution >= 0.6 is 0 Å². The summed E-state index contributed by atoms with van der Waals surface area (Å²) in [6, 6.07) is 15.2. The molecule has 0 amide bonds. The number of aryl methyl sites for hydroxylation is 1. The fourth-order valence-electron chi connectivity index (χ4n) is 2.95. The fraction of sp³-hybridized carbons (Fsp3) is 0.333. The lowest BCUT2D eigenvalue weighted by Crippen LogP contribution is -2.27. The topological polar surface area (TPSA) is 30.5 Å². The number of hydrogen-bond acceptors (Lipinski definition) is 3. The SMILES string of the molecule is COc1ccc(C[C@@H]2CCc3ccccc3N2)cc1OC. The maximum absolute atomic E-state index is 5.38. The molecule has 0 bridgehead atoms. The van der Waals surface area contributed by atoms with Gasteiger partial charge in [-0.05, 0) is 48.6 Å². The lowest BCUT2D eigenvalue weighted by molar-refractivity contribution is 0.354. The Kier molecular flexibility index (Phi) is 4.00. The van der Waals surface area contributed by atoms with Gasteiger partial charge in [0.25, 0.3) is 0 Å². The molecule has 1 heterocycles. The minimum atomic E-state index is 0.470. The summed E-state index contributed by atoms with van der Waals surface area (Å²) in [4.78, 5) is 0. The number of rotatable bonds is 4. The van der Waals surface area contributed by atoms with Gasteiger partial charge in [0.1, 0.15) is 0 Å². The average molecular weight is 283 g/mol. The number of hydrogen-bond donors (Lipinski definition) is 1. The first-order chi connectivity index (χ1) is 10.3. The van der Waals surface area contributed by atoms with E-state index in [0.29, 0.717) is 6.04 Å². The molecule has 0 saturated heterocycles. The van der Waals surface area contributed by atoms with Crippen molar-refractivity contribution < 1.29 is 9.47 Å². The minimum Gasteiger partial charge on any atom is -0.493 e. The van der Waals surface area contributed by atoms with E-state index in [9.17, 15) is 0 Å². The van der Waals surface area contributed by atoms with Gasteiger partial charge in [-0.15, -0.1) is 0 Å². The van der Waals surface area contributed by atoms with Crippen LogP contribution in [0.3, 0.4) is 0 Å². The Morgan fingerprint density at radius 1 is 1.05 bits per heavy atom. The molecule has 3 heteroatoms. The van der Waals surface area contributed by atoms with Crippen molar-refractivity contribution in [2.24, 2.45) is 0 Å². The molecular formula is C18H21NO2. The molecule has 110 valence electrons. The minimum absolute atomic E-state index is 0.470. The average Bonchev–Trinajstić information content (AvgIpc) is 2.54. The van der Waals surface area contributed by atoms with Crippen molar-refractivity contribution in [3.05, 3.63) is 53.6 Å². The van der Waals surface area contributed by atoms with E-state index in [1.165, 1.54) is 16.8 Å². The first kappa shape index (κ1) is 13.8. The summed E-state index contributed by atoms with van der Waals surface area (Å²) in [5.74, 6) is 1.58. The first-order valence-electron chi connectivity index (χ1n) is 7.35. The molecule has 0 saturated carbocycles. The molecule has 0 unspecified atom stereocenters. The van der Waals surface area contributed by atoms with Crippen LogP contribution in [0.5, 0.6) is 11.5 Å². The van der Waals surface area contributed by atoms with Crippen molar-refractivity contribution >= 4 is 5.69 Å². The van der Waals surface area contributed by atoms with E-state index in [-0.39, 0.29) is 0 Å². The van der Waals surface area contributed by atoms with Gasteiger partial charge in [-0.3, -0.25) is 0 Å². The maximum atomic E-state index is 5.38. The summed E-state index contributed by atoms with van der Waals surface area (Å²) in [6.45, 7) is 0. The number of nitrogens with one attached hydrogen (secondary N) is 1. The van der Waals surface area contributed by atoms with Crippen LogP contribution in [-0.2, 0) is 12.8 Å². The molecule has 1 aliphatic rings. The normalized spacial score (nSPS) is 16.8. The Labute approximate surface area is 125 Å². The first-order valence-corrected chi connectivity index (χ1v) is 7.35. The lowest BCUT2D eigenvalue weighted by atomic mass is 9.94. The zero-order valence-corrected chi connectivity index (χ0v) is 12.6. The molecule has 21 heavy (non-hydrogen) atoms. The van der Waals surface area contributed by atoms with Crippen LogP contribution in [0.25, 0.3) is 0 Å². The summed E-state index contributed by atoms with van der Waals surface area (Å²) >= 11 is 0. The van der Waals surface area contributed by atoms with Crippen LogP contribution in [0, 0.1) is 0 Å². The second-order valence-electron chi connectivity index (χ2n) is 5.43. The largest absolute Gasteiger partial charge is 0.493 e. The van der Waals surface area contributed by atoms with E-state index in [4.69, 9.17) is 9.47 Å². The number of anilines is 1. The van der Waals surface area contributed by atoms with E-state index in [1.807, 2.05) is 6.07 Å². The number of fused-ring (bicyclic) bond motifs is 1. The zero-order chi connectivity index (χ0) is 14.7. The Bertz CT molecular complexity index is 624. The zero-order valence-electron chi connectivity index (χ0n) is 12.6. The highest BCUT2D eigenvalue weighted by molar-refractivity contribution is 5.54. The smallest absolute Gasteiger partial charge is 0.160 e. The number of methoxy groups -OCH3 is 2. The Balaban J connectivity index is 1.73. The van der Waals surface area contributed by atoms with Gasteiger partial charge >= 0.3 is 0 Å². The van der Waals surface area contributed by atoms with Crippen molar-refractivity contribution in [2.45, 2.75) is 25.3 Å². The van der Waals surface area contributed by atoms with Gasteiger partial charge in [-0.2, -0.15) is 0 Å². The molecule has 0 aromatic heterocycles. The third-order valence-electron chi connectivity index (χ3n) is 4.07. The van der Waals surface area contributed by atoms with Gasteiger partial charge in [0.15, 0.2) is 11.5 Å². The maximum Gasteiger partial charge on any atom is 0.160 e. The van der Waals surface area contributed by atoms with Gasteiger partial charge in [0.05, 0.1) is 14.2 Å². The van der Waals surface area contributed by atoms with E-state index in [2.05, 4.69) is 41.7 Å². The van der Waals surface area contributed by atoms with Crippen molar-refractivity contribution in [3.63, 3.8) is 0 Å². The molecule has 0 spiro atoms. The highest BCUT2D eigenvalue weighted by Crippen LogP contribution is 2.30. The molecule has 3 rings (SSSR count). The van der Waals surface area contributed by atoms with Crippen LogP contribution < -0.4 is 14.8 Å². The molecule has 0 radical (unpaired) electrons. The van der Waals surface area contributed by atoms with Crippen molar-refractivity contribution in [3.8, 4) is 11.5 Å². The van der Waals surface area contributed by atoms with Crippen LogP contribution in [0.4, 0.5) is 5.69 Å². The van der Waals surface area contributed by atoms with Gasteiger partial charge in [-0.25, -0.2) is 0 Å².